The maximum Gasteiger partial charge on any atom is 0.243 e. The van der Waals surface area contributed by atoms with Crippen LogP contribution < -0.4 is 4.90 Å². The van der Waals surface area contributed by atoms with Crippen molar-refractivity contribution < 1.29 is 8.42 Å². The second kappa shape index (κ2) is 6.34. The Labute approximate surface area is 128 Å². The van der Waals surface area contributed by atoms with Crippen molar-refractivity contribution in [3.05, 3.63) is 24.3 Å². The molecule has 0 N–H and O–H groups in total. The van der Waals surface area contributed by atoms with Crippen molar-refractivity contribution in [3.63, 3.8) is 0 Å². The number of likely N-dealkylation sites (tertiary alicyclic amines) is 1. The van der Waals surface area contributed by atoms with Gasteiger partial charge in [-0.3, -0.25) is 0 Å². The molecule has 1 aliphatic heterocycles. The molecular weight excluding hydrogens is 286 g/mol. The molecule has 0 radical (unpaired) electrons. The predicted molar refractivity (Wildman–Crippen MR) is 86.2 cm³/mol. The van der Waals surface area contributed by atoms with Gasteiger partial charge in [-0.15, -0.1) is 0 Å². The fourth-order valence-electron chi connectivity index (χ4n) is 2.64. The van der Waals surface area contributed by atoms with Crippen LogP contribution in [0.5, 0.6) is 0 Å². The predicted octanol–water partition coefficient (Wildman–Crippen LogP) is 1.47. The number of piperidine rings is 1. The third-order valence-corrected chi connectivity index (χ3v) is 6.16. The topological polar surface area (TPSA) is 43.9 Å². The van der Waals surface area contributed by atoms with Gasteiger partial charge < -0.3 is 9.80 Å². The first-order chi connectivity index (χ1) is 9.82. The van der Waals surface area contributed by atoms with Gasteiger partial charge in [-0.25, -0.2) is 8.42 Å². The van der Waals surface area contributed by atoms with Crippen LogP contribution in [0.1, 0.15) is 12.8 Å². The van der Waals surface area contributed by atoms with Gasteiger partial charge in [0.2, 0.25) is 10.0 Å². The largest absolute Gasteiger partial charge is 0.378 e. The van der Waals surface area contributed by atoms with E-state index in [4.69, 9.17) is 0 Å². The standard InChI is InChI=1S/C15H25N3O2S/c1-16(2)13-5-7-15(8-6-13)21(19,20)18(4)14-9-11-17(3)12-10-14/h5-8,14H,9-12H2,1-4H3. The lowest BCUT2D eigenvalue weighted by molar-refractivity contribution is 0.197. The Bertz CT molecular complexity index is 561. The summed E-state index contributed by atoms with van der Waals surface area (Å²) in [4.78, 5) is 4.56. The van der Waals surface area contributed by atoms with E-state index < -0.39 is 10.0 Å². The molecule has 1 aromatic rings. The fraction of sp³-hybridized carbons (Fsp3) is 0.600. The molecule has 1 aliphatic rings. The molecule has 0 aliphatic carbocycles. The van der Waals surface area contributed by atoms with E-state index in [9.17, 15) is 8.42 Å². The van der Waals surface area contributed by atoms with Gasteiger partial charge in [-0.05, 0) is 57.2 Å². The van der Waals surface area contributed by atoms with Gasteiger partial charge in [0.15, 0.2) is 0 Å². The van der Waals surface area contributed by atoms with E-state index in [1.165, 1.54) is 0 Å². The first-order valence-electron chi connectivity index (χ1n) is 7.26. The number of anilines is 1. The second-order valence-corrected chi connectivity index (χ2v) is 7.94. The van der Waals surface area contributed by atoms with Crippen LogP contribution in [0.4, 0.5) is 5.69 Å². The van der Waals surface area contributed by atoms with Crippen LogP contribution in [0, 0.1) is 0 Å². The van der Waals surface area contributed by atoms with Gasteiger partial charge in [0.25, 0.3) is 0 Å². The van der Waals surface area contributed by atoms with Crippen molar-refractivity contribution in [1.82, 2.24) is 9.21 Å². The smallest absolute Gasteiger partial charge is 0.243 e. The van der Waals surface area contributed by atoms with Crippen LogP contribution >= 0.6 is 0 Å². The molecule has 0 saturated carbocycles. The van der Waals surface area contributed by atoms with Crippen LogP contribution in [0.15, 0.2) is 29.2 Å². The molecule has 0 aromatic heterocycles. The first kappa shape index (κ1) is 16.3. The van der Waals surface area contributed by atoms with Crippen molar-refractivity contribution in [1.29, 1.82) is 0 Å². The minimum atomic E-state index is -3.40. The summed E-state index contributed by atoms with van der Waals surface area (Å²) in [5.74, 6) is 0. The number of nitrogens with zero attached hydrogens (tertiary/aromatic N) is 3. The average molecular weight is 311 g/mol. The lowest BCUT2D eigenvalue weighted by Crippen LogP contribution is -2.44. The third kappa shape index (κ3) is 3.56. The number of sulfonamides is 1. The summed E-state index contributed by atoms with van der Waals surface area (Å²) in [6.45, 7) is 1.90. The van der Waals surface area contributed by atoms with Crippen molar-refractivity contribution in [2.24, 2.45) is 0 Å². The van der Waals surface area contributed by atoms with E-state index in [2.05, 4.69) is 11.9 Å². The molecule has 5 nitrogen and oxygen atoms in total. The minimum Gasteiger partial charge on any atom is -0.378 e. The molecule has 21 heavy (non-hydrogen) atoms. The Balaban J connectivity index is 2.16. The van der Waals surface area contributed by atoms with Crippen LogP contribution in [0.3, 0.4) is 0 Å². The summed E-state index contributed by atoms with van der Waals surface area (Å²) in [5, 5.41) is 0. The summed E-state index contributed by atoms with van der Waals surface area (Å²) in [6, 6.07) is 7.16. The number of rotatable bonds is 4. The van der Waals surface area contributed by atoms with E-state index in [0.29, 0.717) is 4.90 Å². The molecular formula is C15H25N3O2S. The lowest BCUT2D eigenvalue weighted by atomic mass is 10.1. The Hall–Kier alpha value is -1.11. The van der Waals surface area contributed by atoms with E-state index in [1.807, 2.05) is 31.1 Å². The number of hydrogen-bond donors (Lipinski definition) is 0. The maximum atomic E-state index is 12.7. The average Bonchev–Trinajstić information content (AvgIpc) is 2.47. The van der Waals surface area contributed by atoms with Gasteiger partial charge in [0, 0.05) is 32.9 Å². The monoisotopic (exact) mass is 311 g/mol. The zero-order valence-electron chi connectivity index (χ0n) is 13.3. The van der Waals surface area contributed by atoms with Crippen LogP contribution in [-0.2, 0) is 10.0 Å². The fourth-order valence-corrected chi connectivity index (χ4v) is 4.05. The molecule has 0 bridgehead atoms. The number of benzene rings is 1. The lowest BCUT2D eigenvalue weighted by Gasteiger charge is -2.34. The van der Waals surface area contributed by atoms with E-state index >= 15 is 0 Å². The van der Waals surface area contributed by atoms with Crippen molar-refractivity contribution >= 4 is 15.7 Å². The normalized spacial score (nSPS) is 18.1. The maximum absolute atomic E-state index is 12.7. The van der Waals surface area contributed by atoms with Crippen molar-refractivity contribution in [2.45, 2.75) is 23.8 Å². The molecule has 2 rings (SSSR count). The zero-order chi connectivity index (χ0) is 15.6. The highest BCUT2D eigenvalue weighted by atomic mass is 32.2. The minimum absolute atomic E-state index is 0.0970. The van der Waals surface area contributed by atoms with Gasteiger partial charge in [-0.2, -0.15) is 4.31 Å². The second-order valence-electron chi connectivity index (χ2n) is 5.94. The molecule has 0 unspecified atom stereocenters. The molecule has 1 heterocycles. The van der Waals surface area contributed by atoms with Crippen LogP contribution in [-0.4, -0.2) is 64.9 Å². The molecule has 0 atom stereocenters. The van der Waals surface area contributed by atoms with Gasteiger partial charge in [0.1, 0.15) is 0 Å². The third-order valence-electron chi connectivity index (χ3n) is 4.23. The highest BCUT2D eigenvalue weighted by Crippen LogP contribution is 2.23. The van der Waals surface area contributed by atoms with Crippen molar-refractivity contribution in [2.75, 3.05) is 46.2 Å². The summed E-state index contributed by atoms with van der Waals surface area (Å²) < 4.78 is 26.9. The Morgan fingerprint density at radius 3 is 2.05 bits per heavy atom. The Kier molecular flexibility index (Phi) is 4.91. The highest BCUT2D eigenvalue weighted by molar-refractivity contribution is 7.89. The van der Waals surface area contributed by atoms with Crippen molar-refractivity contribution in [3.8, 4) is 0 Å². The number of hydrogen-bond acceptors (Lipinski definition) is 4. The summed E-state index contributed by atoms with van der Waals surface area (Å²) in [5.41, 5.74) is 0.996. The van der Waals surface area contributed by atoms with E-state index in [-0.39, 0.29) is 6.04 Å². The molecule has 6 heteroatoms. The highest BCUT2D eigenvalue weighted by Gasteiger charge is 2.30. The molecule has 1 fully saturated rings. The Morgan fingerprint density at radius 1 is 1.05 bits per heavy atom. The Morgan fingerprint density at radius 2 is 1.57 bits per heavy atom. The van der Waals surface area contributed by atoms with Crippen LogP contribution in [0.2, 0.25) is 0 Å². The zero-order valence-corrected chi connectivity index (χ0v) is 14.1. The first-order valence-corrected chi connectivity index (χ1v) is 8.70. The SMILES string of the molecule is CN1CCC(N(C)S(=O)(=O)c2ccc(N(C)C)cc2)CC1. The molecule has 0 spiro atoms. The molecule has 118 valence electrons. The quantitative estimate of drug-likeness (QED) is 0.844. The molecule has 0 amide bonds. The van der Waals surface area contributed by atoms with E-state index in [0.717, 1.165) is 31.6 Å². The summed E-state index contributed by atoms with van der Waals surface area (Å²) in [6.07, 6.45) is 1.78. The summed E-state index contributed by atoms with van der Waals surface area (Å²) >= 11 is 0. The van der Waals surface area contributed by atoms with Gasteiger partial charge >= 0.3 is 0 Å². The van der Waals surface area contributed by atoms with Gasteiger partial charge in [-0.1, -0.05) is 0 Å². The van der Waals surface area contributed by atoms with Crippen LogP contribution in [0.25, 0.3) is 0 Å². The summed E-state index contributed by atoms with van der Waals surface area (Å²) in [7, 11) is 4.25. The van der Waals surface area contributed by atoms with E-state index in [1.54, 1.807) is 23.5 Å². The molecule has 1 saturated heterocycles. The van der Waals surface area contributed by atoms with Gasteiger partial charge in [0.05, 0.1) is 4.90 Å². The molecule has 1 aromatic carbocycles.